The molecule has 2 aliphatic heterocycles. The highest BCUT2D eigenvalue weighted by molar-refractivity contribution is 9.11. The van der Waals surface area contributed by atoms with Gasteiger partial charge in [0.05, 0.1) is 6.21 Å². The van der Waals surface area contributed by atoms with Gasteiger partial charge < -0.3 is 15.0 Å². The van der Waals surface area contributed by atoms with Crippen molar-refractivity contribution in [1.29, 1.82) is 0 Å². The van der Waals surface area contributed by atoms with E-state index in [-0.39, 0.29) is 6.09 Å². The summed E-state index contributed by atoms with van der Waals surface area (Å²) in [4.78, 5) is 20.8. The Balaban J connectivity index is 1.80. The fourth-order valence-corrected chi connectivity index (χ4v) is 3.72. The molecule has 0 bridgehead atoms. The largest absolute Gasteiger partial charge is 0.444 e. The smallest absolute Gasteiger partial charge is 0.410 e. The van der Waals surface area contributed by atoms with E-state index in [4.69, 9.17) is 16.3 Å². The summed E-state index contributed by atoms with van der Waals surface area (Å²) in [7, 11) is 0. The lowest BCUT2D eigenvalue weighted by Gasteiger charge is -2.47. The van der Waals surface area contributed by atoms with Crippen LogP contribution < -0.4 is 5.32 Å². The molecule has 0 spiro atoms. The maximum atomic E-state index is 12.4. The quantitative estimate of drug-likeness (QED) is 0.687. The van der Waals surface area contributed by atoms with Crippen molar-refractivity contribution in [2.45, 2.75) is 32.0 Å². The summed E-state index contributed by atoms with van der Waals surface area (Å²) in [6, 6.07) is 7.74. The van der Waals surface area contributed by atoms with E-state index in [0.29, 0.717) is 31.2 Å². The second-order valence-electron chi connectivity index (χ2n) is 7.57. The van der Waals surface area contributed by atoms with Crippen LogP contribution in [0.15, 0.2) is 40.1 Å². The molecule has 146 valence electrons. The summed E-state index contributed by atoms with van der Waals surface area (Å²) in [6.07, 6.45) is 3.41. The molecule has 0 saturated carbocycles. The van der Waals surface area contributed by atoms with Crippen LogP contribution in [0.1, 0.15) is 26.3 Å². The Morgan fingerprint density at radius 2 is 1.93 bits per heavy atom. The number of rotatable bonds is 2. The number of aliphatic imine (C=N–C) groups is 1. The van der Waals surface area contributed by atoms with Gasteiger partial charge in [0.25, 0.3) is 0 Å². The highest BCUT2D eigenvalue weighted by atomic mass is 79.9. The average molecular weight is 456 g/mol. The third-order valence-electron chi connectivity index (χ3n) is 4.50. The summed E-state index contributed by atoms with van der Waals surface area (Å²) in [5.74, 6) is 0. The van der Waals surface area contributed by atoms with Crippen molar-refractivity contribution in [3.8, 4) is 0 Å². The first-order valence-corrected chi connectivity index (χ1v) is 10.0. The van der Waals surface area contributed by atoms with E-state index in [1.54, 1.807) is 4.90 Å². The van der Waals surface area contributed by atoms with Crippen molar-refractivity contribution < 1.29 is 9.53 Å². The Morgan fingerprint density at radius 3 is 2.48 bits per heavy atom. The molecule has 1 saturated heterocycles. The van der Waals surface area contributed by atoms with Gasteiger partial charge in [-0.1, -0.05) is 29.8 Å². The van der Waals surface area contributed by atoms with Crippen molar-refractivity contribution in [2.24, 2.45) is 4.99 Å². The molecule has 1 atom stereocenters. The second kappa shape index (κ2) is 7.81. The van der Waals surface area contributed by atoms with Gasteiger partial charge >= 0.3 is 6.09 Å². The summed E-state index contributed by atoms with van der Waals surface area (Å²) >= 11 is 9.90. The molecule has 3 rings (SSSR count). The van der Waals surface area contributed by atoms with Crippen molar-refractivity contribution in [2.75, 3.05) is 26.2 Å². The molecule has 0 aliphatic carbocycles. The molecule has 1 N–H and O–H groups in total. The van der Waals surface area contributed by atoms with Gasteiger partial charge in [0.2, 0.25) is 0 Å². The highest BCUT2D eigenvalue weighted by Crippen LogP contribution is 2.33. The SMILES string of the molecule is CC(C)(C)OC(=O)N1CCN(C2(c3ccccc3Cl)C=NC(Br)=CN2)CC1. The van der Waals surface area contributed by atoms with Gasteiger partial charge in [-0.25, -0.2) is 9.79 Å². The van der Waals surface area contributed by atoms with Crippen molar-refractivity contribution >= 4 is 39.8 Å². The van der Waals surface area contributed by atoms with Crippen LogP contribution in [0.3, 0.4) is 0 Å². The zero-order valence-electron chi connectivity index (χ0n) is 15.7. The number of nitrogens with zero attached hydrogens (tertiary/aromatic N) is 3. The standard InChI is InChI=1S/C19H24BrClN4O2/c1-18(2,3)27-17(26)24-8-10-25(11-9-24)19(13-22-16(20)12-23-19)14-6-4-5-7-15(14)21/h4-7,12-13,23H,8-11H2,1-3H3. The lowest BCUT2D eigenvalue weighted by atomic mass is 9.96. The molecule has 27 heavy (non-hydrogen) atoms. The molecule has 1 amide bonds. The van der Waals surface area contributed by atoms with Crippen LogP contribution in [-0.4, -0.2) is 53.9 Å². The van der Waals surface area contributed by atoms with Gasteiger partial charge in [0.15, 0.2) is 5.66 Å². The molecule has 1 unspecified atom stereocenters. The molecule has 2 heterocycles. The van der Waals surface area contributed by atoms with Gasteiger partial charge in [0, 0.05) is 43.0 Å². The van der Waals surface area contributed by atoms with Gasteiger partial charge in [-0.15, -0.1) is 0 Å². The molecule has 1 fully saturated rings. The second-order valence-corrected chi connectivity index (χ2v) is 8.79. The van der Waals surface area contributed by atoms with Crippen LogP contribution in [0.2, 0.25) is 5.02 Å². The summed E-state index contributed by atoms with van der Waals surface area (Å²) in [5.41, 5.74) is -0.227. The first-order chi connectivity index (χ1) is 12.7. The predicted octanol–water partition coefficient (Wildman–Crippen LogP) is 3.91. The van der Waals surface area contributed by atoms with Crippen LogP contribution in [-0.2, 0) is 10.4 Å². The first-order valence-electron chi connectivity index (χ1n) is 8.88. The Morgan fingerprint density at radius 1 is 1.26 bits per heavy atom. The third-order valence-corrected chi connectivity index (χ3v) is 5.26. The van der Waals surface area contributed by atoms with Crippen molar-refractivity contribution in [3.63, 3.8) is 0 Å². The molecular weight excluding hydrogens is 432 g/mol. The molecule has 8 heteroatoms. The van der Waals surface area contributed by atoms with E-state index < -0.39 is 11.3 Å². The highest BCUT2D eigenvalue weighted by Gasteiger charge is 2.41. The van der Waals surface area contributed by atoms with Crippen molar-refractivity contribution in [1.82, 2.24) is 15.1 Å². The summed E-state index contributed by atoms with van der Waals surface area (Å²) in [5, 5.41) is 4.10. The fourth-order valence-electron chi connectivity index (χ4n) is 3.23. The fraction of sp³-hybridized carbons (Fsp3) is 0.474. The van der Waals surface area contributed by atoms with Crippen LogP contribution in [0, 0.1) is 0 Å². The summed E-state index contributed by atoms with van der Waals surface area (Å²) < 4.78 is 6.21. The molecule has 0 radical (unpaired) electrons. The molecule has 2 aliphatic rings. The Kier molecular flexibility index (Phi) is 5.84. The number of nitrogens with one attached hydrogen (secondary N) is 1. The number of carbonyl (C=O) groups excluding carboxylic acids is 1. The van der Waals surface area contributed by atoms with E-state index in [9.17, 15) is 4.79 Å². The lowest BCUT2D eigenvalue weighted by Crippen LogP contribution is -2.63. The Bertz CT molecular complexity index is 769. The average Bonchev–Trinajstić information content (AvgIpc) is 2.62. The van der Waals surface area contributed by atoms with Gasteiger partial charge in [0.1, 0.15) is 10.2 Å². The normalized spacial score (nSPS) is 23.6. The minimum atomic E-state index is -0.657. The lowest BCUT2D eigenvalue weighted by molar-refractivity contribution is 0.00338. The maximum Gasteiger partial charge on any atom is 0.410 e. The van der Waals surface area contributed by atoms with Crippen LogP contribution in [0.5, 0.6) is 0 Å². The number of halogens is 2. The first kappa shape index (κ1) is 20.2. The molecule has 6 nitrogen and oxygen atoms in total. The maximum absolute atomic E-state index is 12.4. The number of benzene rings is 1. The van der Waals surface area contributed by atoms with Crippen molar-refractivity contribution in [3.05, 3.63) is 45.7 Å². The van der Waals surface area contributed by atoms with Gasteiger partial charge in [-0.2, -0.15) is 0 Å². The van der Waals surface area contributed by atoms with Gasteiger partial charge in [-0.3, -0.25) is 4.90 Å². The Hall–Kier alpha value is -1.57. The molecule has 0 aromatic heterocycles. The van der Waals surface area contributed by atoms with Gasteiger partial charge in [-0.05, 0) is 42.8 Å². The number of carbonyl (C=O) groups is 1. The predicted molar refractivity (Wildman–Crippen MR) is 111 cm³/mol. The van der Waals surface area contributed by atoms with E-state index >= 15 is 0 Å². The number of amides is 1. The van der Waals surface area contributed by atoms with E-state index in [1.807, 2.05) is 57.5 Å². The number of ether oxygens (including phenoxy) is 1. The zero-order chi connectivity index (χ0) is 19.7. The minimum absolute atomic E-state index is 0.276. The minimum Gasteiger partial charge on any atom is -0.444 e. The number of piperazine rings is 1. The topological polar surface area (TPSA) is 57.2 Å². The number of hydrogen-bond acceptors (Lipinski definition) is 5. The van der Waals surface area contributed by atoms with E-state index in [1.165, 1.54) is 0 Å². The van der Waals surface area contributed by atoms with E-state index in [0.717, 1.165) is 10.2 Å². The van der Waals surface area contributed by atoms with Crippen LogP contribution in [0.4, 0.5) is 4.79 Å². The third kappa shape index (κ3) is 4.47. The summed E-state index contributed by atoms with van der Waals surface area (Å²) in [6.45, 7) is 8.09. The van der Waals surface area contributed by atoms with E-state index in [2.05, 4.69) is 31.1 Å². The monoisotopic (exact) mass is 454 g/mol. The zero-order valence-corrected chi connectivity index (χ0v) is 18.0. The molecule has 1 aromatic carbocycles. The molecule has 1 aromatic rings. The molecular formula is C19H24BrClN4O2. The number of hydrogen-bond donors (Lipinski definition) is 1. The van der Waals surface area contributed by atoms with Crippen LogP contribution in [0.25, 0.3) is 0 Å². The Labute approximate surface area is 173 Å². The van der Waals surface area contributed by atoms with Crippen LogP contribution >= 0.6 is 27.5 Å².